The molecule has 3 aromatic carbocycles. The van der Waals surface area contributed by atoms with Crippen LogP contribution in [0.15, 0.2) is 84.9 Å². The van der Waals surface area contributed by atoms with Gasteiger partial charge in [-0.25, -0.2) is 0 Å². The quantitative estimate of drug-likeness (QED) is 0.0146. The molecule has 4 aliphatic carbocycles. The van der Waals surface area contributed by atoms with E-state index in [0.717, 1.165) is 38.5 Å². The maximum absolute atomic E-state index is 15.4. The fourth-order valence-corrected chi connectivity index (χ4v) is 16.5. The van der Waals surface area contributed by atoms with E-state index in [2.05, 4.69) is 74.4 Å². The molecule has 3 aromatic rings. The van der Waals surface area contributed by atoms with Crippen LogP contribution in [0, 0.1) is 45.3 Å². The van der Waals surface area contributed by atoms with E-state index in [4.69, 9.17) is 61.8 Å². The van der Waals surface area contributed by atoms with Crippen LogP contribution in [-0.2, 0) is 81.6 Å². The molecule has 13 amide bonds. The van der Waals surface area contributed by atoms with Gasteiger partial charge >= 0.3 is 0 Å². The van der Waals surface area contributed by atoms with E-state index in [0.29, 0.717) is 34.4 Å². The van der Waals surface area contributed by atoms with Gasteiger partial charge in [-0.3, -0.25) is 89.3 Å². The molecule has 1 aliphatic heterocycles. The Morgan fingerprint density at radius 3 is 1.12 bits per heavy atom. The number of nitrogens with two attached hydrogens (primary N) is 7. The zero-order chi connectivity index (χ0) is 87.8. The van der Waals surface area contributed by atoms with Crippen LogP contribution in [0.25, 0.3) is 0 Å². The number of benzene rings is 3. The Balaban J connectivity index is 1.15. The lowest BCUT2D eigenvalue weighted by molar-refractivity contribution is -0.142. The number of amides is 13. The average molecular weight is 1670 g/mol. The highest BCUT2D eigenvalue weighted by molar-refractivity contribution is 6.00. The number of primary amides is 3. The predicted octanol–water partition coefficient (Wildman–Crippen LogP) is -3.96. The fourth-order valence-electron chi connectivity index (χ4n) is 16.5. The molecule has 4 saturated carbocycles. The molecule has 1 saturated heterocycles. The molecule has 120 heavy (non-hydrogen) atoms. The predicted molar refractivity (Wildman–Crippen MR) is 445 cm³/mol. The molecular weight excluding hydrogens is 1550 g/mol. The minimum Gasteiger partial charge on any atom is -0.508 e. The highest BCUT2D eigenvalue weighted by Crippen LogP contribution is 2.56. The van der Waals surface area contributed by atoms with Crippen molar-refractivity contribution in [2.45, 2.75) is 227 Å². The van der Waals surface area contributed by atoms with E-state index < -0.39 is 155 Å². The van der Waals surface area contributed by atoms with Crippen LogP contribution >= 0.6 is 0 Å². The van der Waals surface area contributed by atoms with Crippen LogP contribution < -0.4 is 115 Å². The molecule has 1 heterocycles. The van der Waals surface area contributed by atoms with E-state index >= 15 is 28.8 Å². The van der Waals surface area contributed by atoms with Gasteiger partial charge in [0.15, 0.2) is 23.8 Å². The van der Waals surface area contributed by atoms with Crippen molar-refractivity contribution in [1.82, 2.24) is 79.3 Å². The van der Waals surface area contributed by atoms with Crippen molar-refractivity contribution >= 4 is 101 Å². The molecule has 8 rings (SSSR count). The lowest BCUT2D eigenvalue weighted by Gasteiger charge is -2.57. The Morgan fingerprint density at radius 2 is 0.742 bits per heavy atom. The third kappa shape index (κ3) is 31.5. The average Bonchev–Trinajstić information content (AvgIpc) is 0.866. The number of likely N-dealkylation sites (tertiary alicyclic amines) is 1. The van der Waals surface area contributed by atoms with E-state index in [1.165, 1.54) is 29.2 Å². The van der Waals surface area contributed by atoms with Crippen molar-refractivity contribution < 1.29 is 67.4 Å². The minimum absolute atomic E-state index is 0.00375. The lowest BCUT2D eigenvalue weighted by atomic mass is 9.53. The second-order valence-electron chi connectivity index (χ2n) is 32.2. The molecule has 40 nitrogen and oxygen atoms in total. The number of guanidine groups is 4. The second-order valence-corrected chi connectivity index (χ2v) is 32.2. The van der Waals surface area contributed by atoms with Crippen molar-refractivity contribution in [1.29, 1.82) is 21.6 Å². The molecule has 5 aliphatic rings. The summed E-state index contributed by atoms with van der Waals surface area (Å²) in [5.41, 5.74) is 40.0. The van der Waals surface area contributed by atoms with Gasteiger partial charge in [-0.15, -0.1) is 0 Å². The first-order valence-corrected chi connectivity index (χ1v) is 40.9. The summed E-state index contributed by atoms with van der Waals surface area (Å²) < 4.78 is 0. The number of hydrogen-bond donors (Lipinski definition) is 26. The Bertz CT molecular complexity index is 4050. The van der Waals surface area contributed by atoms with Crippen LogP contribution in [0.3, 0.4) is 0 Å². The number of aromatic hydroxyl groups is 1. The van der Waals surface area contributed by atoms with Gasteiger partial charge in [0.1, 0.15) is 66.2 Å². The van der Waals surface area contributed by atoms with Gasteiger partial charge in [0.05, 0.1) is 18.9 Å². The van der Waals surface area contributed by atoms with Crippen molar-refractivity contribution in [3.63, 3.8) is 0 Å². The van der Waals surface area contributed by atoms with Crippen molar-refractivity contribution in [3.8, 4) is 5.75 Å². The summed E-state index contributed by atoms with van der Waals surface area (Å²) in [6.07, 6.45) is 4.41. The number of rotatable bonds is 50. The monoisotopic (exact) mass is 1670 g/mol. The van der Waals surface area contributed by atoms with Crippen LogP contribution in [0.1, 0.15) is 153 Å². The highest BCUT2D eigenvalue weighted by Gasteiger charge is 2.52. The summed E-state index contributed by atoms with van der Waals surface area (Å²) in [6.45, 7) is 3.83. The molecule has 4 bridgehead atoms. The SMILES string of the molecule is CC(C)C[C@H](NC(=O)[C@H](Cc1ccccc1)NC(=O)[C@H](Cc1ccc(O)cc1)NC(=O)[C@H](CCCNC(=N)N)NC(=O)[C@H](CCCNC(=N)N)NC(=O)[C@H](CC(N)=O)NC12CC3CC(CC(C3)C1)C2)C(=O)N[C@@H](Cc1ccccc1)C(=O)N[C@@H](CCCNC(=N)N)C(=O)N1CCC[C@H]1C(=O)N[C@@H](CCCNC(=N)N)C(=O)N[C@@H](CC(N)=O)C(N)=O. The molecule has 0 spiro atoms. The minimum atomic E-state index is -1.58. The first kappa shape index (κ1) is 94.8. The molecule has 33 N–H and O–H groups in total. The van der Waals surface area contributed by atoms with Crippen LogP contribution in [0.5, 0.6) is 5.75 Å². The number of carbonyl (C=O) groups is 13. The maximum atomic E-state index is 15.4. The molecule has 5 fully saturated rings. The van der Waals surface area contributed by atoms with Gasteiger partial charge in [0.2, 0.25) is 76.8 Å². The largest absolute Gasteiger partial charge is 0.508 e. The number of hydrogen-bond acceptors (Lipinski definition) is 19. The highest BCUT2D eigenvalue weighted by atomic mass is 16.3. The number of phenols is 1. The molecule has 0 radical (unpaired) electrons. The van der Waals surface area contributed by atoms with Gasteiger partial charge in [0, 0.05) is 57.5 Å². The van der Waals surface area contributed by atoms with Crippen LogP contribution in [0.4, 0.5) is 0 Å². The first-order valence-electron chi connectivity index (χ1n) is 40.9. The first-order chi connectivity index (χ1) is 57.0. The van der Waals surface area contributed by atoms with E-state index in [1.807, 2.05) is 0 Å². The topological polar surface area (TPSA) is 691 Å². The Hall–Kier alpha value is -12.4. The summed E-state index contributed by atoms with van der Waals surface area (Å²) in [6, 6.07) is 7.15. The smallest absolute Gasteiger partial charge is 0.245 e. The molecule has 0 aromatic heterocycles. The van der Waals surface area contributed by atoms with Crippen LogP contribution in [-0.4, -0.2) is 215 Å². The second kappa shape index (κ2) is 46.7. The van der Waals surface area contributed by atoms with Crippen molar-refractivity contribution in [3.05, 3.63) is 102 Å². The lowest BCUT2D eigenvalue weighted by Crippen LogP contribution is -2.64. The Labute approximate surface area is 697 Å². The number of carbonyl (C=O) groups excluding carboxylic acids is 13. The maximum Gasteiger partial charge on any atom is 0.245 e. The zero-order valence-corrected chi connectivity index (χ0v) is 68.1. The van der Waals surface area contributed by atoms with Crippen LogP contribution in [0.2, 0.25) is 0 Å². The third-order valence-corrected chi connectivity index (χ3v) is 21.8. The molecular formula is C80H122N26O14. The summed E-state index contributed by atoms with van der Waals surface area (Å²) in [5.74, 6) is -11.8. The van der Waals surface area contributed by atoms with E-state index in [1.54, 1.807) is 74.5 Å². The van der Waals surface area contributed by atoms with Gasteiger partial charge in [-0.1, -0.05) is 86.6 Å². The summed E-state index contributed by atoms with van der Waals surface area (Å²) in [4.78, 5) is 187. The summed E-state index contributed by atoms with van der Waals surface area (Å²) >= 11 is 0. The number of phenolic OH excluding ortho intramolecular Hbond substituents is 1. The normalized spacial score (nSPS) is 19.3. The van der Waals surface area contributed by atoms with E-state index in [9.17, 15) is 38.7 Å². The third-order valence-electron chi connectivity index (χ3n) is 21.8. The Morgan fingerprint density at radius 1 is 0.417 bits per heavy atom. The summed E-state index contributed by atoms with van der Waals surface area (Å²) in [7, 11) is 0. The van der Waals surface area contributed by atoms with Gasteiger partial charge in [0.25, 0.3) is 0 Å². The fraction of sp³-hybridized carbons (Fsp3) is 0.562. The van der Waals surface area contributed by atoms with Crippen molar-refractivity contribution in [2.75, 3.05) is 32.7 Å². The standard InChI is InChI=1S/C80H122N26O14/c1-44(2)32-57(69(114)103-58(36-45-14-5-3-6-15-45)70(115)99-55(21-12-30-95-79(90)91)75(120)106-31-13-22-62(106)74(119)98-54(20-11-29-94-78(88)89)67(112)100-56(65(83)110)39-63(81)108)101-71(116)59(37-46-16-7-4-8-17-46)104-72(117)60(38-47-23-25-51(107)26-24-47)102-68(113)53(19-10-28-93-77(86)87)96-66(111)52(18-9-27-92-76(84)85)97-73(118)61(40-64(82)109)105-80-41-48-33-49(42-80)35-50(34-48)43-80/h3-8,14-17,23-26,44,48-50,52-62,105,107H,9-13,18-22,27-43H2,1-2H3,(H2,81,108)(H2,82,109)(H2,83,110)(H,96,111)(H,97,118)(H,98,119)(H,99,115)(H,100,112)(H,101,116)(H,102,113)(H,103,114)(H,104,117)(H4,84,85,92)(H4,86,87,93)(H4,88,89,94)(H4,90,91,95)/t48?,49?,50?,52-,53-,54-,55-,56-,57-,58-,59-,60-,61-,62-,80?/m0/s1. The molecule has 0 unspecified atom stereocenters. The van der Waals surface area contributed by atoms with Gasteiger partial charge in [-0.05, 0) is 162 Å². The number of nitrogens with zero attached hydrogens (tertiary/aromatic N) is 1. The zero-order valence-electron chi connectivity index (χ0n) is 68.1. The molecule has 656 valence electrons. The Kier molecular flexibility index (Phi) is 36.9. The van der Waals surface area contributed by atoms with E-state index in [-0.39, 0.29) is 165 Å². The molecule has 11 atom stereocenters. The number of nitrogens with one attached hydrogen (secondary N) is 18. The van der Waals surface area contributed by atoms with Gasteiger partial charge in [-0.2, -0.15) is 0 Å². The molecule has 40 heteroatoms. The summed E-state index contributed by atoms with van der Waals surface area (Å²) in [5, 5.41) is 80.0. The van der Waals surface area contributed by atoms with Gasteiger partial charge < -0.3 is 119 Å². The van der Waals surface area contributed by atoms with Crippen molar-refractivity contribution in [2.24, 2.45) is 63.8 Å².